The molecule has 0 bridgehead atoms. The highest BCUT2D eigenvalue weighted by atomic mass is 15.0. The summed E-state index contributed by atoms with van der Waals surface area (Å²) in [7, 11) is 0. The lowest BCUT2D eigenvalue weighted by Crippen LogP contribution is -2.30. The molecule has 1 heteroatoms. The fraction of sp³-hybridized carbons (Fsp3) is 0.429. The van der Waals surface area contributed by atoms with Crippen LogP contribution >= 0.6 is 0 Å². The first kappa shape index (κ1) is 10.4. The van der Waals surface area contributed by atoms with E-state index in [0.29, 0.717) is 12.1 Å². The highest BCUT2D eigenvalue weighted by molar-refractivity contribution is 5.21. The van der Waals surface area contributed by atoms with Crippen LogP contribution in [0.15, 0.2) is 43.0 Å². The van der Waals surface area contributed by atoms with Crippen molar-refractivity contribution < 1.29 is 0 Å². The van der Waals surface area contributed by atoms with Crippen molar-refractivity contribution in [2.45, 2.75) is 31.8 Å². The molecule has 0 amide bonds. The smallest absolute Gasteiger partial charge is 0.0353 e. The highest BCUT2D eigenvalue weighted by Gasteiger charge is 2.32. The first-order valence-corrected chi connectivity index (χ1v) is 5.75. The summed E-state index contributed by atoms with van der Waals surface area (Å²) >= 11 is 0. The molecule has 0 saturated heterocycles. The molecule has 1 aromatic carbocycles. The summed E-state index contributed by atoms with van der Waals surface area (Å²) in [5, 5.41) is 3.63. The second-order valence-electron chi connectivity index (χ2n) is 4.42. The van der Waals surface area contributed by atoms with Crippen molar-refractivity contribution in [1.29, 1.82) is 0 Å². The van der Waals surface area contributed by atoms with Crippen molar-refractivity contribution in [3.05, 3.63) is 48.6 Å². The lowest BCUT2D eigenvalue weighted by Gasteiger charge is -2.21. The maximum atomic E-state index is 3.82. The Morgan fingerprint density at radius 1 is 1.33 bits per heavy atom. The van der Waals surface area contributed by atoms with Gasteiger partial charge in [0, 0.05) is 12.1 Å². The van der Waals surface area contributed by atoms with Gasteiger partial charge in [-0.2, -0.15) is 0 Å². The maximum absolute atomic E-state index is 3.82. The summed E-state index contributed by atoms with van der Waals surface area (Å²) < 4.78 is 0. The Balaban J connectivity index is 2.09. The Hall–Kier alpha value is -1.08. The first-order chi connectivity index (χ1) is 7.31. The van der Waals surface area contributed by atoms with E-state index in [0.717, 1.165) is 5.92 Å². The third-order valence-electron chi connectivity index (χ3n) is 3.05. The Morgan fingerprint density at radius 2 is 2.00 bits per heavy atom. The minimum absolute atomic E-state index is 0.385. The Morgan fingerprint density at radius 3 is 2.53 bits per heavy atom. The Bertz CT molecular complexity index is 313. The van der Waals surface area contributed by atoms with Crippen molar-refractivity contribution >= 4 is 0 Å². The van der Waals surface area contributed by atoms with Crippen molar-refractivity contribution in [3.63, 3.8) is 0 Å². The molecule has 1 fully saturated rings. The number of rotatable bonds is 5. The predicted molar refractivity (Wildman–Crippen MR) is 64.7 cm³/mol. The minimum atomic E-state index is 0.385. The predicted octanol–water partition coefficient (Wildman–Crippen LogP) is 3.30. The normalized spacial score (nSPS) is 19.5. The lowest BCUT2D eigenvalue weighted by atomic mass is 10.0. The zero-order chi connectivity index (χ0) is 10.7. The fourth-order valence-electron chi connectivity index (χ4n) is 1.95. The number of hydrogen-bond donors (Lipinski definition) is 1. The molecule has 80 valence electrons. The Kier molecular flexibility index (Phi) is 3.22. The van der Waals surface area contributed by atoms with E-state index in [4.69, 9.17) is 0 Å². The van der Waals surface area contributed by atoms with Crippen LogP contribution in [0.2, 0.25) is 0 Å². The molecule has 0 heterocycles. The van der Waals surface area contributed by atoms with Gasteiger partial charge in [-0.15, -0.1) is 6.58 Å². The van der Waals surface area contributed by atoms with Gasteiger partial charge in [0.05, 0.1) is 0 Å². The van der Waals surface area contributed by atoms with E-state index in [2.05, 4.69) is 49.2 Å². The van der Waals surface area contributed by atoms with E-state index >= 15 is 0 Å². The monoisotopic (exact) mass is 201 g/mol. The van der Waals surface area contributed by atoms with Gasteiger partial charge in [0.15, 0.2) is 0 Å². The van der Waals surface area contributed by atoms with E-state index in [1.807, 2.05) is 6.08 Å². The second-order valence-corrected chi connectivity index (χ2v) is 4.42. The van der Waals surface area contributed by atoms with Gasteiger partial charge in [-0.05, 0) is 31.2 Å². The summed E-state index contributed by atoms with van der Waals surface area (Å²) in [6.45, 7) is 5.98. The zero-order valence-corrected chi connectivity index (χ0v) is 9.32. The van der Waals surface area contributed by atoms with Gasteiger partial charge in [-0.1, -0.05) is 36.4 Å². The van der Waals surface area contributed by atoms with Crippen LogP contribution in [0.3, 0.4) is 0 Å². The molecular weight excluding hydrogens is 182 g/mol. The summed E-state index contributed by atoms with van der Waals surface area (Å²) in [4.78, 5) is 0. The van der Waals surface area contributed by atoms with E-state index in [1.54, 1.807) is 0 Å². The average Bonchev–Trinajstić information content (AvgIpc) is 3.10. The van der Waals surface area contributed by atoms with Crippen molar-refractivity contribution in [3.8, 4) is 0 Å². The molecule has 0 spiro atoms. The van der Waals surface area contributed by atoms with Gasteiger partial charge in [0.1, 0.15) is 0 Å². The highest BCUT2D eigenvalue weighted by Crippen LogP contribution is 2.41. The van der Waals surface area contributed by atoms with Crippen molar-refractivity contribution in [2.24, 2.45) is 5.92 Å². The van der Waals surface area contributed by atoms with E-state index in [1.165, 1.54) is 18.4 Å². The van der Waals surface area contributed by atoms with Crippen molar-refractivity contribution in [1.82, 2.24) is 5.32 Å². The molecule has 2 unspecified atom stereocenters. The molecule has 1 aliphatic carbocycles. The van der Waals surface area contributed by atoms with Gasteiger partial charge >= 0.3 is 0 Å². The number of hydrogen-bond acceptors (Lipinski definition) is 1. The largest absolute Gasteiger partial charge is 0.304 e. The van der Waals surface area contributed by atoms with Crippen LogP contribution in [0.4, 0.5) is 0 Å². The van der Waals surface area contributed by atoms with Crippen LogP contribution in [-0.2, 0) is 0 Å². The summed E-state index contributed by atoms with van der Waals surface area (Å²) in [6, 6.07) is 11.6. The van der Waals surface area contributed by atoms with Crippen LogP contribution in [0.5, 0.6) is 0 Å². The third kappa shape index (κ3) is 2.69. The van der Waals surface area contributed by atoms with Crippen molar-refractivity contribution in [2.75, 3.05) is 0 Å². The molecule has 0 radical (unpaired) electrons. The molecule has 1 aliphatic rings. The molecule has 1 saturated carbocycles. The van der Waals surface area contributed by atoms with Gasteiger partial charge in [-0.3, -0.25) is 0 Å². The summed E-state index contributed by atoms with van der Waals surface area (Å²) in [5.74, 6) is 0.829. The molecule has 2 atom stereocenters. The Labute approximate surface area is 92.2 Å². The molecule has 15 heavy (non-hydrogen) atoms. The standard InChI is InChI=1S/C14H19N/c1-3-11(2)15-14(13-9-10-13)12-7-5-4-6-8-12/h3-8,11,13-15H,1,9-10H2,2H3. The molecule has 1 N–H and O–H groups in total. The topological polar surface area (TPSA) is 12.0 Å². The second kappa shape index (κ2) is 4.63. The van der Waals surface area contributed by atoms with Crippen LogP contribution < -0.4 is 5.32 Å². The van der Waals surface area contributed by atoms with Crippen LogP contribution in [0.1, 0.15) is 31.4 Å². The van der Waals surface area contributed by atoms with Gasteiger partial charge in [-0.25, -0.2) is 0 Å². The molecule has 1 nitrogen and oxygen atoms in total. The van der Waals surface area contributed by atoms with Crippen LogP contribution in [-0.4, -0.2) is 6.04 Å². The zero-order valence-electron chi connectivity index (χ0n) is 9.32. The first-order valence-electron chi connectivity index (χ1n) is 5.75. The van der Waals surface area contributed by atoms with E-state index < -0.39 is 0 Å². The van der Waals surface area contributed by atoms with Crippen LogP contribution in [0.25, 0.3) is 0 Å². The molecule has 2 rings (SSSR count). The molecule has 0 aliphatic heterocycles. The SMILES string of the molecule is C=CC(C)NC(c1ccccc1)C1CC1. The minimum Gasteiger partial charge on any atom is -0.304 e. The number of nitrogens with one attached hydrogen (secondary N) is 1. The quantitative estimate of drug-likeness (QED) is 0.721. The summed E-state index contributed by atoms with van der Waals surface area (Å²) in [5.41, 5.74) is 1.41. The average molecular weight is 201 g/mol. The van der Waals surface area contributed by atoms with Gasteiger partial charge in [0.2, 0.25) is 0 Å². The van der Waals surface area contributed by atoms with Crippen LogP contribution in [0, 0.1) is 5.92 Å². The van der Waals surface area contributed by atoms with E-state index in [9.17, 15) is 0 Å². The molecule has 0 aromatic heterocycles. The third-order valence-corrected chi connectivity index (χ3v) is 3.05. The molecule has 1 aromatic rings. The van der Waals surface area contributed by atoms with Gasteiger partial charge < -0.3 is 5.32 Å². The molecular formula is C14H19N. The fourth-order valence-corrected chi connectivity index (χ4v) is 1.95. The van der Waals surface area contributed by atoms with E-state index in [-0.39, 0.29) is 0 Å². The lowest BCUT2D eigenvalue weighted by molar-refractivity contribution is 0.457. The summed E-state index contributed by atoms with van der Waals surface area (Å²) in [6.07, 6.45) is 4.69. The maximum Gasteiger partial charge on any atom is 0.0353 e. The van der Waals surface area contributed by atoms with Gasteiger partial charge in [0.25, 0.3) is 0 Å². The number of benzene rings is 1.